The summed E-state index contributed by atoms with van der Waals surface area (Å²) in [4.78, 5) is 0. The molecule has 0 spiro atoms. The number of hydrazine groups is 1. The van der Waals surface area contributed by atoms with Crippen molar-refractivity contribution in [2.45, 2.75) is 52.2 Å². The molecule has 0 amide bonds. The van der Waals surface area contributed by atoms with E-state index in [0.29, 0.717) is 24.0 Å². The molecule has 3 heteroatoms. The van der Waals surface area contributed by atoms with Crippen LogP contribution in [0.3, 0.4) is 0 Å². The van der Waals surface area contributed by atoms with E-state index >= 15 is 0 Å². The number of hydrogen-bond acceptors (Lipinski definition) is 3. The largest absolute Gasteiger partial charge is 0.376 e. The Morgan fingerprint density at radius 3 is 2.71 bits per heavy atom. The van der Waals surface area contributed by atoms with E-state index in [-0.39, 0.29) is 0 Å². The van der Waals surface area contributed by atoms with Crippen molar-refractivity contribution in [2.24, 2.45) is 17.7 Å². The maximum Gasteiger partial charge on any atom is 0.0770 e. The molecule has 3 nitrogen and oxygen atoms in total. The lowest BCUT2D eigenvalue weighted by molar-refractivity contribution is 0.0419. The molecular weight excluding hydrogens is 176 g/mol. The SMILES string of the molecule is CCCC(C)C(NN)C1OCCC1C. The highest BCUT2D eigenvalue weighted by Crippen LogP contribution is 2.27. The summed E-state index contributed by atoms with van der Waals surface area (Å²) in [5, 5.41) is 0. The molecule has 0 aromatic heterocycles. The van der Waals surface area contributed by atoms with Gasteiger partial charge in [-0.2, -0.15) is 0 Å². The van der Waals surface area contributed by atoms with E-state index in [1.807, 2.05) is 0 Å². The Morgan fingerprint density at radius 2 is 2.29 bits per heavy atom. The Kier molecular flexibility index (Phi) is 4.85. The first-order valence-corrected chi connectivity index (χ1v) is 5.78. The van der Waals surface area contributed by atoms with Crippen LogP contribution in [0.15, 0.2) is 0 Å². The average Bonchev–Trinajstić information content (AvgIpc) is 2.54. The zero-order valence-corrected chi connectivity index (χ0v) is 9.62. The third-order valence-corrected chi connectivity index (χ3v) is 3.35. The summed E-state index contributed by atoms with van der Waals surface area (Å²) in [6, 6.07) is 0.312. The zero-order chi connectivity index (χ0) is 10.6. The molecule has 1 fully saturated rings. The van der Waals surface area contributed by atoms with Crippen LogP contribution in [-0.2, 0) is 4.74 Å². The second-order valence-corrected chi connectivity index (χ2v) is 4.56. The van der Waals surface area contributed by atoms with Crippen LogP contribution in [0, 0.1) is 11.8 Å². The number of nitrogens with one attached hydrogen (secondary N) is 1. The van der Waals surface area contributed by atoms with Gasteiger partial charge in [0, 0.05) is 6.61 Å². The number of rotatable bonds is 5. The van der Waals surface area contributed by atoms with E-state index in [0.717, 1.165) is 6.61 Å². The van der Waals surface area contributed by atoms with Gasteiger partial charge in [0.05, 0.1) is 12.1 Å². The van der Waals surface area contributed by atoms with E-state index in [9.17, 15) is 0 Å². The number of nitrogens with two attached hydrogens (primary N) is 1. The van der Waals surface area contributed by atoms with Gasteiger partial charge in [-0.15, -0.1) is 0 Å². The fourth-order valence-corrected chi connectivity index (χ4v) is 2.39. The zero-order valence-electron chi connectivity index (χ0n) is 9.62. The summed E-state index contributed by atoms with van der Waals surface area (Å²) >= 11 is 0. The molecule has 0 saturated carbocycles. The van der Waals surface area contributed by atoms with Crippen molar-refractivity contribution in [1.82, 2.24) is 5.43 Å². The molecule has 14 heavy (non-hydrogen) atoms. The van der Waals surface area contributed by atoms with Crippen molar-refractivity contribution in [1.29, 1.82) is 0 Å². The lowest BCUT2D eigenvalue weighted by Crippen LogP contribution is -2.49. The topological polar surface area (TPSA) is 47.3 Å². The van der Waals surface area contributed by atoms with Crippen LogP contribution < -0.4 is 11.3 Å². The normalized spacial score (nSPS) is 31.7. The summed E-state index contributed by atoms with van der Waals surface area (Å²) in [6.45, 7) is 7.61. The van der Waals surface area contributed by atoms with Gasteiger partial charge in [-0.25, -0.2) is 0 Å². The smallest absolute Gasteiger partial charge is 0.0770 e. The minimum Gasteiger partial charge on any atom is -0.376 e. The van der Waals surface area contributed by atoms with Gasteiger partial charge in [-0.3, -0.25) is 11.3 Å². The van der Waals surface area contributed by atoms with Crippen LogP contribution in [-0.4, -0.2) is 18.8 Å². The Labute approximate surface area is 87.4 Å². The summed E-state index contributed by atoms with van der Waals surface area (Å²) in [7, 11) is 0. The molecule has 0 aliphatic carbocycles. The lowest BCUT2D eigenvalue weighted by atomic mass is 9.87. The molecule has 1 saturated heterocycles. The first-order chi connectivity index (χ1) is 6.70. The first kappa shape index (κ1) is 12.0. The monoisotopic (exact) mass is 200 g/mol. The molecule has 0 radical (unpaired) electrons. The highest BCUT2D eigenvalue weighted by molar-refractivity contribution is 4.86. The van der Waals surface area contributed by atoms with Gasteiger partial charge in [-0.05, 0) is 24.7 Å². The van der Waals surface area contributed by atoms with E-state index in [1.54, 1.807) is 0 Å². The maximum atomic E-state index is 5.74. The van der Waals surface area contributed by atoms with E-state index in [2.05, 4.69) is 26.2 Å². The van der Waals surface area contributed by atoms with Crippen LogP contribution in [0.1, 0.15) is 40.0 Å². The summed E-state index contributed by atoms with van der Waals surface area (Å²) in [5.74, 6) is 6.84. The van der Waals surface area contributed by atoms with Crippen molar-refractivity contribution in [3.05, 3.63) is 0 Å². The second kappa shape index (κ2) is 5.69. The molecule has 1 aliphatic heterocycles. The van der Waals surface area contributed by atoms with Crippen LogP contribution in [0.2, 0.25) is 0 Å². The Morgan fingerprint density at radius 1 is 1.57 bits per heavy atom. The predicted molar refractivity (Wildman–Crippen MR) is 58.7 cm³/mol. The van der Waals surface area contributed by atoms with Crippen LogP contribution in [0.5, 0.6) is 0 Å². The standard InChI is InChI=1S/C11H24N2O/c1-4-5-8(2)10(13-12)11-9(3)6-7-14-11/h8-11,13H,4-7,12H2,1-3H3. The van der Waals surface area contributed by atoms with Crippen LogP contribution in [0.4, 0.5) is 0 Å². The van der Waals surface area contributed by atoms with Crippen molar-refractivity contribution < 1.29 is 4.74 Å². The molecule has 0 aromatic rings. The van der Waals surface area contributed by atoms with Gasteiger partial charge >= 0.3 is 0 Å². The molecule has 84 valence electrons. The maximum absolute atomic E-state index is 5.74. The molecule has 1 aliphatic rings. The Balaban J connectivity index is 2.51. The third kappa shape index (κ3) is 2.69. The third-order valence-electron chi connectivity index (χ3n) is 3.35. The van der Waals surface area contributed by atoms with E-state index in [4.69, 9.17) is 10.6 Å². The van der Waals surface area contributed by atoms with Gasteiger partial charge in [0.1, 0.15) is 0 Å². The average molecular weight is 200 g/mol. The fourth-order valence-electron chi connectivity index (χ4n) is 2.39. The van der Waals surface area contributed by atoms with E-state index < -0.39 is 0 Å². The van der Waals surface area contributed by atoms with Gasteiger partial charge in [0.15, 0.2) is 0 Å². The fraction of sp³-hybridized carbons (Fsp3) is 1.00. The first-order valence-electron chi connectivity index (χ1n) is 5.78. The quantitative estimate of drug-likeness (QED) is 0.524. The molecule has 1 rings (SSSR count). The minimum atomic E-state index is 0.307. The highest BCUT2D eigenvalue weighted by Gasteiger charge is 2.34. The Bertz CT molecular complexity index is 163. The van der Waals surface area contributed by atoms with Crippen molar-refractivity contribution in [2.75, 3.05) is 6.61 Å². The number of hydrogen-bond donors (Lipinski definition) is 2. The molecule has 4 atom stereocenters. The van der Waals surface area contributed by atoms with Crippen molar-refractivity contribution >= 4 is 0 Å². The van der Waals surface area contributed by atoms with Crippen molar-refractivity contribution in [3.8, 4) is 0 Å². The highest BCUT2D eigenvalue weighted by atomic mass is 16.5. The number of ether oxygens (including phenoxy) is 1. The summed E-state index contributed by atoms with van der Waals surface area (Å²) < 4.78 is 5.74. The summed E-state index contributed by atoms with van der Waals surface area (Å²) in [6.07, 6.45) is 3.89. The van der Waals surface area contributed by atoms with Crippen LogP contribution in [0.25, 0.3) is 0 Å². The van der Waals surface area contributed by atoms with Gasteiger partial charge in [0.25, 0.3) is 0 Å². The molecule has 4 unspecified atom stereocenters. The summed E-state index contributed by atoms with van der Waals surface area (Å²) in [5.41, 5.74) is 2.93. The van der Waals surface area contributed by atoms with Gasteiger partial charge in [0.2, 0.25) is 0 Å². The second-order valence-electron chi connectivity index (χ2n) is 4.56. The minimum absolute atomic E-state index is 0.307. The lowest BCUT2D eigenvalue weighted by Gasteiger charge is -2.30. The molecule has 0 bridgehead atoms. The predicted octanol–water partition coefficient (Wildman–Crippen LogP) is 1.68. The Hall–Kier alpha value is -0.120. The molecule has 0 aromatic carbocycles. The van der Waals surface area contributed by atoms with Crippen molar-refractivity contribution in [3.63, 3.8) is 0 Å². The van der Waals surface area contributed by atoms with Gasteiger partial charge < -0.3 is 4.74 Å². The molecule has 3 N–H and O–H groups in total. The van der Waals surface area contributed by atoms with Crippen LogP contribution >= 0.6 is 0 Å². The molecule has 1 heterocycles. The van der Waals surface area contributed by atoms with E-state index in [1.165, 1.54) is 19.3 Å². The van der Waals surface area contributed by atoms with Gasteiger partial charge in [-0.1, -0.05) is 27.2 Å². The molecular formula is C11H24N2O.